The molecule has 2 rings (SSSR count). The van der Waals surface area contributed by atoms with E-state index in [1.54, 1.807) is 18.9 Å². The van der Waals surface area contributed by atoms with Gasteiger partial charge in [-0.3, -0.25) is 0 Å². The van der Waals surface area contributed by atoms with Crippen molar-refractivity contribution >= 4 is 0 Å². The summed E-state index contributed by atoms with van der Waals surface area (Å²) in [6.07, 6.45) is 6.69. The van der Waals surface area contributed by atoms with E-state index in [0.29, 0.717) is 12.1 Å². The number of aliphatic hydroxyl groups excluding tert-OH is 1. The lowest BCUT2D eigenvalue weighted by Crippen LogP contribution is -2.01. The second-order valence-electron chi connectivity index (χ2n) is 3.32. The van der Waals surface area contributed by atoms with E-state index >= 15 is 0 Å². The Morgan fingerprint density at radius 3 is 3.07 bits per heavy atom. The van der Waals surface area contributed by atoms with E-state index in [9.17, 15) is 5.11 Å². The molecule has 1 unspecified atom stereocenters. The number of aliphatic hydroxyl groups is 1. The van der Waals surface area contributed by atoms with Gasteiger partial charge in [0.25, 0.3) is 0 Å². The first kappa shape index (κ1) is 9.02. The van der Waals surface area contributed by atoms with Crippen LogP contribution < -0.4 is 0 Å². The van der Waals surface area contributed by atoms with Crippen LogP contribution in [0.3, 0.4) is 0 Å². The molecule has 2 heterocycles. The van der Waals surface area contributed by atoms with E-state index in [0.717, 1.165) is 5.56 Å². The molecule has 14 heavy (non-hydrogen) atoms. The van der Waals surface area contributed by atoms with E-state index in [4.69, 9.17) is 4.42 Å². The van der Waals surface area contributed by atoms with Crippen molar-refractivity contribution in [3.8, 4) is 0 Å². The van der Waals surface area contributed by atoms with Crippen LogP contribution in [0, 0.1) is 0 Å². The molecule has 0 fully saturated rings. The lowest BCUT2D eigenvalue weighted by molar-refractivity contribution is 0.174. The highest BCUT2D eigenvalue weighted by atomic mass is 16.3. The fourth-order valence-electron chi connectivity index (χ4n) is 1.34. The van der Waals surface area contributed by atoms with E-state index in [2.05, 4.69) is 4.98 Å². The van der Waals surface area contributed by atoms with Crippen LogP contribution in [0.1, 0.15) is 17.4 Å². The highest BCUT2D eigenvalue weighted by molar-refractivity contribution is 5.11. The molecule has 2 aromatic rings. The SMILES string of the molecule is Cn1cnc(C(O)Cc2ccoc2)c1. The predicted octanol–water partition coefficient (Wildman–Crippen LogP) is 1.29. The molecule has 1 N–H and O–H groups in total. The third-order valence-corrected chi connectivity index (χ3v) is 2.08. The molecular weight excluding hydrogens is 180 g/mol. The first-order valence-corrected chi connectivity index (χ1v) is 4.42. The van der Waals surface area contributed by atoms with Crippen molar-refractivity contribution in [2.45, 2.75) is 12.5 Å². The summed E-state index contributed by atoms with van der Waals surface area (Å²) < 4.78 is 6.73. The molecule has 4 nitrogen and oxygen atoms in total. The Morgan fingerprint density at radius 2 is 2.50 bits per heavy atom. The van der Waals surface area contributed by atoms with Crippen molar-refractivity contribution in [2.24, 2.45) is 7.05 Å². The van der Waals surface area contributed by atoms with Gasteiger partial charge in [0.15, 0.2) is 0 Å². The lowest BCUT2D eigenvalue weighted by Gasteiger charge is -2.04. The molecule has 2 aromatic heterocycles. The second-order valence-corrected chi connectivity index (χ2v) is 3.32. The normalized spacial score (nSPS) is 13.0. The molecule has 0 spiro atoms. The first-order valence-electron chi connectivity index (χ1n) is 4.42. The van der Waals surface area contributed by atoms with Crippen molar-refractivity contribution in [3.63, 3.8) is 0 Å². The average molecular weight is 192 g/mol. The number of hydrogen-bond donors (Lipinski definition) is 1. The van der Waals surface area contributed by atoms with Gasteiger partial charge in [0.1, 0.15) is 6.10 Å². The molecule has 0 saturated heterocycles. The van der Waals surface area contributed by atoms with Crippen LogP contribution in [-0.2, 0) is 13.5 Å². The van der Waals surface area contributed by atoms with Gasteiger partial charge in [-0.15, -0.1) is 0 Å². The van der Waals surface area contributed by atoms with Crippen molar-refractivity contribution in [2.75, 3.05) is 0 Å². The Labute approximate surface area is 81.8 Å². The molecule has 0 aliphatic carbocycles. The Kier molecular flexibility index (Phi) is 2.37. The standard InChI is InChI=1S/C10H12N2O2/c1-12-5-9(11-7-12)10(13)4-8-2-3-14-6-8/h2-3,5-7,10,13H,4H2,1H3. The second kappa shape index (κ2) is 3.67. The Bertz CT molecular complexity index is 392. The number of nitrogens with zero attached hydrogens (tertiary/aromatic N) is 2. The molecule has 74 valence electrons. The van der Waals surface area contributed by atoms with Crippen LogP contribution in [0.4, 0.5) is 0 Å². The van der Waals surface area contributed by atoms with Gasteiger partial charge >= 0.3 is 0 Å². The molecular formula is C10H12N2O2. The van der Waals surface area contributed by atoms with Gasteiger partial charge in [0, 0.05) is 19.7 Å². The van der Waals surface area contributed by atoms with Crippen molar-refractivity contribution < 1.29 is 9.52 Å². The fraction of sp³-hybridized carbons (Fsp3) is 0.300. The zero-order chi connectivity index (χ0) is 9.97. The van der Waals surface area contributed by atoms with Crippen molar-refractivity contribution in [1.82, 2.24) is 9.55 Å². The molecule has 4 heteroatoms. The molecule has 0 radical (unpaired) electrons. The summed E-state index contributed by atoms with van der Waals surface area (Å²) in [5.74, 6) is 0. The smallest absolute Gasteiger partial charge is 0.102 e. The van der Waals surface area contributed by atoms with Gasteiger partial charge < -0.3 is 14.1 Å². The van der Waals surface area contributed by atoms with Gasteiger partial charge in [-0.05, 0) is 11.6 Å². The maximum atomic E-state index is 9.79. The molecule has 0 aromatic carbocycles. The summed E-state index contributed by atoms with van der Waals surface area (Å²) >= 11 is 0. The predicted molar refractivity (Wildman–Crippen MR) is 50.6 cm³/mol. The van der Waals surface area contributed by atoms with Crippen LogP contribution in [0.5, 0.6) is 0 Å². The molecule has 0 aliphatic rings. The summed E-state index contributed by atoms with van der Waals surface area (Å²) in [6, 6.07) is 1.84. The molecule has 0 bridgehead atoms. The number of rotatable bonds is 3. The lowest BCUT2D eigenvalue weighted by atomic mass is 10.1. The fourth-order valence-corrected chi connectivity index (χ4v) is 1.34. The van der Waals surface area contributed by atoms with Gasteiger partial charge in [-0.1, -0.05) is 0 Å². The summed E-state index contributed by atoms with van der Waals surface area (Å²) in [6.45, 7) is 0. The number of aryl methyl sites for hydroxylation is 1. The van der Waals surface area contributed by atoms with Gasteiger partial charge in [-0.25, -0.2) is 4.98 Å². The monoisotopic (exact) mass is 192 g/mol. The highest BCUT2D eigenvalue weighted by Crippen LogP contribution is 2.16. The summed E-state index contributed by atoms with van der Waals surface area (Å²) in [5.41, 5.74) is 1.66. The summed E-state index contributed by atoms with van der Waals surface area (Å²) in [7, 11) is 1.88. The Morgan fingerprint density at radius 1 is 1.64 bits per heavy atom. The number of hydrogen-bond acceptors (Lipinski definition) is 3. The summed E-state index contributed by atoms with van der Waals surface area (Å²) in [4.78, 5) is 4.08. The third kappa shape index (κ3) is 1.85. The van der Waals surface area contributed by atoms with Crippen LogP contribution in [0.25, 0.3) is 0 Å². The van der Waals surface area contributed by atoms with Crippen molar-refractivity contribution in [3.05, 3.63) is 42.4 Å². The zero-order valence-corrected chi connectivity index (χ0v) is 7.92. The maximum Gasteiger partial charge on any atom is 0.102 e. The minimum absolute atomic E-state index is 0.535. The van der Waals surface area contributed by atoms with Crippen LogP contribution in [0.15, 0.2) is 35.5 Å². The average Bonchev–Trinajstić information content (AvgIpc) is 2.75. The van der Waals surface area contributed by atoms with E-state index in [1.807, 2.05) is 23.9 Å². The minimum atomic E-state index is -0.561. The molecule has 1 atom stereocenters. The van der Waals surface area contributed by atoms with Crippen molar-refractivity contribution in [1.29, 1.82) is 0 Å². The quantitative estimate of drug-likeness (QED) is 0.797. The largest absolute Gasteiger partial charge is 0.472 e. The first-order chi connectivity index (χ1) is 6.75. The topological polar surface area (TPSA) is 51.2 Å². The molecule has 0 saturated carbocycles. The van der Waals surface area contributed by atoms with E-state index in [-0.39, 0.29) is 0 Å². The van der Waals surface area contributed by atoms with Crippen LogP contribution in [-0.4, -0.2) is 14.7 Å². The number of furan rings is 1. The van der Waals surface area contributed by atoms with E-state index < -0.39 is 6.10 Å². The number of imidazole rings is 1. The number of aromatic nitrogens is 2. The van der Waals surface area contributed by atoms with Gasteiger partial charge in [-0.2, -0.15) is 0 Å². The Hall–Kier alpha value is -1.55. The van der Waals surface area contributed by atoms with Crippen LogP contribution in [0.2, 0.25) is 0 Å². The minimum Gasteiger partial charge on any atom is -0.472 e. The maximum absolute atomic E-state index is 9.79. The van der Waals surface area contributed by atoms with E-state index in [1.165, 1.54) is 0 Å². The van der Waals surface area contributed by atoms with Gasteiger partial charge in [0.2, 0.25) is 0 Å². The van der Waals surface area contributed by atoms with Crippen LogP contribution >= 0.6 is 0 Å². The zero-order valence-electron chi connectivity index (χ0n) is 7.92. The highest BCUT2D eigenvalue weighted by Gasteiger charge is 2.11. The third-order valence-electron chi connectivity index (χ3n) is 2.08. The molecule has 0 amide bonds. The Balaban J connectivity index is 2.06. The molecule has 0 aliphatic heterocycles. The van der Waals surface area contributed by atoms with Gasteiger partial charge in [0.05, 0.1) is 24.5 Å². The summed E-state index contributed by atoms with van der Waals surface area (Å²) in [5, 5.41) is 9.79.